The first-order valence-corrected chi connectivity index (χ1v) is 3.46. The fraction of sp³-hybridized carbons (Fsp3) is 0.571. The van der Waals surface area contributed by atoms with Crippen LogP contribution in [0.4, 0.5) is 4.79 Å². The molecule has 0 bridgehead atoms. The Hall–Kier alpha value is -1.03. The maximum atomic E-state index is 10.5. The molecule has 0 aromatic carbocycles. The minimum Gasteiger partial charge on any atom is -0.442 e. The minimum absolute atomic E-state index is 0.137. The van der Waals surface area contributed by atoms with Crippen molar-refractivity contribution in [2.24, 2.45) is 0 Å². The predicted octanol–water partition coefficient (Wildman–Crippen LogP) is 0.297. The molecule has 1 aliphatic heterocycles. The highest BCUT2D eigenvalue weighted by atomic mass is 16.6. The van der Waals surface area contributed by atoms with Crippen molar-refractivity contribution < 1.29 is 14.3 Å². The van der Waals surface area contributed by atoms with Crippen molar-refractivity contribution in [1.82, 2.24) is 5.32 Å². The summed E-state index contributed by atoms with van der Waals surface area (Å²) in [6, 6.07) is 0. The summed E-state index contributed by atoms with van der Waals surface area (Å²) in [5.74, 6) is 0. The second-order valence-electron chi connectivity index (χ2n) is 2.23. The molecule has 0 spiro atoms. The molecule has 0 aliphatic carbocycles. The van der Waals surface area contributed by atoms with E-state index in [1.165, 1.54) is 0 Å². The van der Waals surface area contributed by atoms with Gasteiger partial charge >= 0.3 is 6.09 Å². The molecule has 0 saturated carbocycles. The molecule has 1 N–H and O–H groups in total. The molecule has 4 nitrogen and oxygen atoms in total. The normalized spacial score (nSPS) is 22.5. The van der Waals surface area contributed by atoms with Gasteiger partial charge in [-0.05, 0) is 0 Å². The second kappa shape index (κ2) is 3.98. The van der Waals surface area contributed by atoms with Gasteiger partial charge in [0.05, 0.1) is 19.8 Å². The van der Waals surface area contributed by atoms with Gasteiger partial charge in [0, 0.05) is 0 Å². The Bertz CT molecular complexity index is 158. The summed E-state index contributed by atoms with van der Waals surface area (Å²) in [7, 11) is 0. The van der Waals surface area contributed by atoms with Gasteiger partial charge in [-0.1, -0.05) is 6.08 Å². The number of ether oxygens (including phenoxy) is 2. The molecular weight excluding hydrogens is 146 g/mol. The lowest BCUT2D eigenvalue weighted by Gasteiger charge is -2.05. The van der Waals surface area contributed by atoms with E-state index in [0.29, 0.717) is 19.8 Å². The maximum absolute atomic E-state index is 10.5. The van der Waals surface area contributed by atoms with Crippen LogP contribution in [0.1, 0.15) is 0 Å². The molecule has 0 aromatic heterocycles. The van der Waals surface area contributed by atoms with Crippen LogP contribution in [0, 0.1) is 0 Å². The molecule has 1 rings (SSSR count). The highest BCUT2D eigenvalue weighted by Crippen LogP contribution is 1.99. The average molecular weight is 157 g/mol. The van der Waals surface area contributed by atoms with E-state index in [2.05, 4.69) is 11.9 Å². The minimum atomic E-state index is -0.364. The Morgan fingerprint density at radius 1 is 1.91 bits per heavy atom. The fourth-order valence-corrected chi connectivity index (χ4v) is 0.808. The zero-order valence-electron chi connectivity index (χ0n) is 6.21. The zero-order valence-corrected chi connectivity index (χ0v) is 6.21. The lowest BCUT2D eigenvalue weighted by molar-refractivity contribution is 0.0579. The van der Waals surface area contributed by atoms with Crippen LogP contribution >= 0.6 is 0 Å². The van der Waals surface area contributed by atoms with Gasteiger partial charge in [-0.25, -0.2) is 4.79 Å². The van der Waals surface area contributed by atoms with Crippen molar-refractivity contribution in [2.75, 3.05) is 19.8 Å². The van der Waals surface area contributed by atoms with Gasteiger partial charge in [-0.15, -0.1) is 6.58 Å². The third-order valence-electron chi connectivity index (χ3n) is 1.29. The molecule has 1 fully saturated rings. The van der Waals surface area contributed by atoms with Gasteiger partial charge in [0.15, 0.2) is 0 Å². The van der Waals surface area contributed by atoms with Gasteiger partial charge in [-0.3, -0.25) is 0 Å². The number of carbonyl (C=O) groups is 1. The smallest absolute Gasteiger partial charge is 0.407 e. The molecule has 1 heterocycles. The summed E-state index contributed by atoms with van der Waals surface area (Å²) in [4.78, 5) is 10.5. The van der Waals surface area contributed by atoms with Crippen molar-refractivity contribution in [3.8, 4) is 0 Å². The van der Waals surface area contributed by atoms with Crippen LogP contribution in [0.2, 0.25) is 0 Å². The molecule has 1 amide bonds. The van der Waals surface area contributed by atoms with Crippen LogP contribution in [0.25, 0.3) is 0 Å². The molecule has 0 aromatic rings. The fourth-order valence-electron chi connectivity index (χ4n) is 0.808. The first kappa shape index (κ1) is 8.07. The van der Waals surface area contributed by atoms with Gasteiger partial charge in [0.1, 0.15) is 6.10 Å². The van der Waals surface area contributed by atoms with Crippen molar-refractivity contribution in [3.63, 3.8) is 0 Å². The molecular formula is C7H11NO3. The Labute approximate surface area is 65.2 Å². The first-order chi connectivity index (χ1) is 5.33. The molecule has 1 saturated heterocycles. The number of alkyl carbamates (subject to hydrolysis) is 1. The monoisotopic (exact) mass is 157 g/mol. The summed E-state index contributed by atoms with van der Waals surface area (Å²) < 4.78 is 9.88. The number of cyclic esters (lactones) is 1. The van der Waals surface area contributed by atoms with E-state index in [1.807, 2.05) is 0 Å². The van der Waals surface area contributed by atoms with Gasteiger partial charge in [0.2, 0.25) is 0 Å². The van der Waals surface area contributed by atoms with E-state index < -0.39 is 0 Å². The van der Waals surface area contributed by atoms with Crippen LogP contribution < -0.4 is 5.32 Å². The molecule has 0 radical (unpaired) electrons. The van der Waals surface area contributed by atoms with Crippen LogP contribution in [0.15, 0.2) is 12.7 Å². The highest BCUT2D eigenvalue weighted by Gasteiger charge is 2.21. The molecule has 1 atom stereocenters. The van der Waals surface area contributed by atoms with Gasteiger partial charge in [0.25, 0.3) is 0 Å². The van der Waals surface area contributed by atoms with E-state index in [4.69, 9.17) is 9.47 Å². The molecule has 1 aliphatic rings. The van der Waals surface area contributed by atoms with Crippen molar-refractivity contribution >= 4 is 6.09 Å². The summed E-state index contributed by atoms with van der Waals surface area (Å²) in [6.45, 7) is 4.96. The van der Waals surface area contributed by atoms with Crippen molar-refractivity contribution in [1.29, 1.82) is 0 Å². The number of amides is 1. The van der Waals surface area contributed by atoms with Crippen LogP contribution in [0.5, 0.6) is 0 Å². The van der Waals surface area contributed by atoms with Crippen LogP contribution in [0.3, 0.4) is 0 Å². The third-order valence-corrected chi connectivity index (χ3v) is 1.29. The van der Waals surface area contributed by atoms with Crippen LogP contribution in [-0.4, -0.2) is 32.0 Å². The zero-order chi connectivity index (χ0) is 8.10. The van der Waals surface area contributed by atoms with E-state index in [-0.39, 0.29) is 12.2 Å². The number of carbonyl (C=O) groups excluding carboxylic acids is 1. The number of hydrogen-bond acceptors (Lipinski definition) is 3. The summed E-state index contributed by atoms with van der Waals surface area (Å²) in [6.07, 6.45) is 1.16. The molecule has 1 unspecified atom stereocenters. The van der Waals surface area contributed by atoms with Gasteiger partial charge < -0.3 is 14.8 Å². The largest absolute Gasteiger partial charge is 0.442 e. The predicted molar refractivity (Wildman–Crippen MR) is 39.3 cm³/mol. The second-order valence-corrected chi connectivity index (χ2v) is 2.23. The Morgan fingerprint density at radius 3 is 3.27 bits per heavy atom. The van der Waals surface area contributed by atoms with E-state index in [0.717, 1.165) is 0 Å². The van der Waals surface area contributed by atoms with Crippen LogP contribution in [-0.2, 0) is 9.47 Å². The highest BCUT2D eigenvalue weighted by molar-refractivity contribution is 5.69. The van der Waals surface area contributed by atoms with E-state index in [9.17, 15) is 4.79 Å². The standard InChI is InChI=1S/C7H11NO3/c1-2-3-10-5-6-4-8-7(9)11-6/h2,6H,1,3-5H2,(H,8,9). The summed E-state index contributed by atoms with van der Waals surface area (Å²) >= 11 is 0. The molecule has 11 heavy (non-hydrogen) atoms. The maximum Gasteiger partial charge on any atom is 0.407 e. The number of hydrogen-bond donors (Lipinski definition) is 1. The SMILES string of the molecule is C=CCOCC1CNC(=O)O1. The van der Waals surface area contributed by atoms with Crippen molar-refractivity contribution in [3.05, 3.63) is 12.7 Å². The Kier molecular flexibility index (Phi) is 2.92. The summed E-state index contributed by atoms with van der Waals surface area (Å²) in [5.41, 5.74) is 0. The Morgan fingerprint density at radius 2 is 2.73 bits per heavy atom. The third kappa shape index (κ3) is 2.59. The van der Waals surface area contributed by atoms with E-state index in [1.54, 1.807) is 6.08 Å². The first-order valence-electron chi connectivity index (χ1n) is 3.46. The Balaban J connectivity index is 2.08. The van der Waals surface area contributed by atoms with Gasteiger partial charge in [-0.2, -0.15) is 0 Å². The lowest BCUT2D eigenvalue weighted by Crippen LogP contribution is -2.20. The molecule has 62 valence electrons. The topological polar surface area (TPSA) is 47.6 Å². The molecule has 4 heteroatoms. The van der Waals surface area contributed by atoms with Crippen molar-refractivity contribution in [2.45, 2.75) is 6.10 Å². The lowest BCUT2D eigenvalue weighted by atomic mass is 10.4. The quantitative estimate of drug-likeness (QED) is 0.471. The number of rotatable bonds is 4. The summed E-state index contributed by atoms with van der Waals surface area (Å²) in [5, 5.41) is 2.53. The number of nitrogens with one attached hydrogen (secondary N) is 1. The van der Waals surface area contributed by atoms with E-state index >= 15 is 0 Å². The average Bonchev–Trinajstić information content (AvgIpc) is 2.37.